The lowest BCUT2D eigenvalue weighted by Gasteiger charge is -2.29. The van der Waals surface area contributed by atoms with Gasteiger partial charge in [0, 0.05) is 18.4 Å². The van der Waals surface area contributed by atoms with Gasteiger partial charge in [0.1, 0.15) is 5.41 Å². The summed E-state index contributed by atoms with van der Waals surface area (Å²) in [5, 5.41) is 0. The van der Waals surface area contributed by atoms with Gasteiger partial charge in [0.2, 0.25) is 5.91 Å². The highest BCUT2D eigenvalue weighted by atomic mass is 19.3. The molecule has 0 unspecified atom stereocenters. The van der Waals surface area contributed by atoms with Crippen molar-refractivity contribution < 1.29 is 13.6 Å². The number of aromatic nitrogens is 1. The molecule has 3 atom stereocenters. The van der Waals surface area contributed by atoms with Crippen LogP contribution in [-0.2, 0) is 4.79 Å². The van der Waals surface area contributed by atoms with Crippen LogP contribution in [0.4, 0.5) is 8.78 Å². The molecule has 1 aromatic heterocycles. The van der Waals surface area contributed by atoms with Gasteiger partial charge in [-0.2, -0.15) is 0 Å². The molecule has 0 bridgehead atoms. The fraction of sp³-hybridized carbons (Fsp3) is 0.625. The first-order valence-electron chi connectivity index (χ1n) is 7.52. The van der Waals surface area contributed by atoms with Gasteiger partial charge in [0.25, 0.3) is 6.43 Å². The third-order valence-electron chi connectivity index (χ3n) is 5.09. The van der Waals surface area contributed by atoms with Crippen molar-refractivity contribution in [2.75, 3.05) is 0 Å². The summed E-state index contributed by atoms with van der Waals surface area (Å²) >= 11 is 0. The Bertz CT molecular complexity index is 563. The topological polar surface area (TPSA) is 33.2 Å². The molecule has 5 heteroatoms. The maximum atomic E-state index is 13.5. The number of fused-ring (bicyclic) bond motifs is 1. The molecule has 1 amide bonds. The van der Waals surface area contributed by atoms with E-state index in [0.29, 0.717) is 0 Å². The first-order chi connectivity index (χ1) is 9.99. The number of hydrogen-bond donors (Lipinski definition) is 0. The van der Waals surface area contributed by atoms with Crippen molar-refractivity contribution in [2.45, 2.75) is 58.0 Å². The summed E-state index contributed by atoms with van der Waals surface area (Å²) in [5.74, 6) is -0.367. The maximum absolute atomic E-state index is 13.5. The number of aryl methyl sites for hydroxylation is 1. The van der Waals surface area contributed by atoms with E-state index < -0.39 is 11.8 Å². The molecule has 0 aliphatic carbocycles. The Morgan fingerprint density at radius 1 is 1.43 bits per heavy atom. The number of carbonyl (C=O) groups is 1. The summed E-state index contributed by atoms with van der Waals surface area (Å²) in [6.45, 7) is 3.64. The monoisotopic (exact) mass is 294 g/mol. The summed E-state index contributed by atoms with van der Waals surface area (Å²) in [4.78, 5) is 18.6. The molecule has 1 aromatic rings. The molecule has 2 aliphatic rings. The molecule has 0 radical (unpaired) electrons. The Hall–Kier alpha value is -1.52. The lowest BCUT2D eigenvalue weighted by molar-refractivity contribution is -0.146. The van der Waals surface area contributed by atoms with Gasteiger partial charge in [-0.15, -0.1) is 0 Å². The summed E-state index contributed by atoms with van der Waals surface area (Å²) < 4.78 is 27.0. The molecule has 2 aliphatic heterocycles. The zero-order valence-electron chi connectivity index (χ0n) is 12.4. The Morgan fingerprint density at radius 2 is 2.19 bits per heavy atom. The second-order valence-corrected chi connectivity index (χ2v) is 6.27. The van der Waals surface area contributed by atoms with Crippen LogP contribution >= 0.6 is 0 Å². The van der Waals surface area contributed by atoms with Crippen LogP contribution in [-0.4, -0.2) is 28.3 Å². The van der Waals surface area contributed by atoms with E-state index in [0.717, 1.165) is 24.0 Å². The predicted molar refractivity (Wildman–Crippen MR) is 74.9 cm³/mol. The lowest BCUT2D eigenvalue weighted by atomic mass is 9.81. The molecule has 2 fully saturated rings. The van der Waals surface area contributed by atoms with Gasteiger partial charge >= 0.3 is 0 Å². The third kappa shape index (κ3) is 2.05. The van der Waals surface area contributed by atoms with Crippen molar-refractivity contribution in [3.8, 4) is 0 Å². The average molecular weight is 294 g/mol. The molecule has 0 spiro atoms. The Labute approximate surface area is 123 Å². The first-order valence-corrected chi connectivity index (χ1v) is 7.52. The molecule has 3 heterocycles. The SMILES string of the molecule is CC[C@@]1(C(F)F)C[C@@H]2CC[C@@H](c3cncc(C)c3)N2C1=O. The van der Waals surface area contributed by atoms with E-state index in [4.69, 9.17) is 0 Å². The molecule has 114 valence electrons. The van der Waals surface area contributed by atoms with Crippen LogP contribution in [0.3, 0.4) is 0 Å². The number of halogens is 2. The van der Waals surface area contributed by atoms with Gasteiger partial charge in [-0.25, -0.2) is 8.78 Å². The van der Waals surface area contributed by atoms with E-state index in [9.17, 15) is 13.6 Å². The minimum atomic E-state index is -2.59. The quantitative estimate of drug-likeness (QED) is 0.855. The van der Waals surface area contributed by atoms with Gasteiger partial charge < -0.3 is 4.90 Å². The molecule has 3 nitrogen and oxygen atoms in total. The van der Waals surface area contributed by atoms with Crippen LogP contribution in [0.25, 0.3) is 0 Å². The van der Waals surface area contributed by atoms with Gasteiger partial charge in [-0.3, -0.25) is 9.78 Å². The fourth-order valence-electron chi connectivity index (χ4n) is 3.88. The summed E-state index contributed by atoms with van der Waals surface area (Å²) in [5.41, 5.74) is 0.519. The summed E-state index contributed by atoms with van der Waals surface area (Å²) in [7, 11) is 0. The van der Waals surface area contributed by atoms with Crippen LogP contribution in [0.2, 0.25) is 0 Å². The number of pyridine rings is 1. The highest BCUT2D eigenvalue weighted by Crippen LogP contribution is 2.52. The van der Waals surface area contributed by atoms with Gasteiger partial charge in [0.15, 0.2) is 0 Å². The second-order valence-electron chi connectivity index (χ2n) is 6.27. The minimum absolute atomic E-state index is 0.0445. The smallest absolute Gasteiger partial charge is 0.252 e. The molecule has 0 saturated carbocycles. The number of hydrogen-bond acceptors (Lipinski definition) is 2. The van der Waals surface area contributed by atoms with Crippen LogP contribution in [0, 0.1) is 12.3 Å². The molecule has 0 aromatic carbocycles. The van der Waals surface area contributed by atoms with Crippen LogP contribution in [0.1, 0.15) is 49.8 Å². The van der Waals surface area contributed by atoms with E-state index in [2.05, 4.69) is 4.98 Å². The molecular formula is C16H20F2N2O. The normalized spacial score (nSPS) is 32.0. The number of alkyl halides is 2. The number of amides is 1. The minimum Gasteiger partial charge on any atom is -0.332 e. The van der Waals surface area contributed by atoms with E-state index in [1.807, 2.05) is 13.0 Å². The largest absolute Gasteiger partial charge is 0.332 e. The summed E-state index contributed by atoms with van der Waals surface area (Å²) in [6, 6.07) is 1.86. The van der Waals surface area contributed by atoms with E-state index in [1.165, 1.54) is 0 Å². The van der Waals surface area contributed by atoms with E-state index in [-0.39, 0.29) is 30.8 Å². The van der Waals surface area contributed by atoms with Crippen molar-refractivity contribution in [3.05, 3.63) is 29.6 Å². The fourth-order valence-corrected chi connectivity index (χ4v) is 3.88. The first kappa shape index (κ1) is 14.4. The van der Waals surface area contributed by atoms with Crippen LogP contribution < -0.4 is 0 Å². The van der Waals surface area contributed by atoms with Crippen molar-refractivity contribution >= 4 is 5.91 Å². The Morgan fingerprint density at radius 3 is 2.81 bits per heavy atom. The zero-order chi connectivity index (χ0) is 15.2. The Balaban J connectivity index is 1.94. The zero-order valence-corrected chi connectivity index (χ0v) is 12.4. The predicted octanol–water partition coefficient (Wildman–Crippen LogP) is 3.49. The van der Waals surface area contributed by atoms with Crippen molar-refractivity contribution in [3.63, 3.8) is 0 Å². The highest BCUT2D eigenvalue weighted by Gasteiger charge is 2.59. The van der Waals surface area contributed by atoms with E-state index >= 15 is 0 Å². The lowest BCUT2D eigenvalue weighted by Crippen LogP contribution is -2.40. The standard InChI is InChI=1S/C16H20F2N2O/c1-3-16(14(17)18)7-12-4-5-13(20(12)15(16)21)11-6-10(2)8-19-9-11/h6,8-9,12-14H,3-5,7H2,1-2H3/t12-,13-,16-/m0/s1. The number of carbonyl (C=O) groups excluding carboxylic acids is 1. The molecule has 21 heavy (non-hydrogen) atoms. The van der Waals surface area contributed by atoms with Crippen molar-refractivity contribution in [1.82, 2.24) is 9.88 Å². The molecule has 2 saturated heterocycles. The maximum Gasteiger partial charge on any atom is 0.252 e. The van der Waals surface area contributed by atoms with Gasteiger partial charge in [-0.1, -0.05) is 13.0 Å². The number of rotatable bonds is 3. The average Bonchev–Trinajstić information content (AvgIpc) is 2.98. The Kier molecular flexibility index (Phi) is 3.46. The molecular weight excluding hydrogens is 274 g/mol. The van der Waals surface area contributed by atoms with Crippen molar-refractivity contribution in [2.24, 2.45) is 5.41 Å². The van der Waals surface area contributed by atoms with Crippen molar-refractivity contribution in [1.29, 1.82) is 0 Å². The van der Waals surface area contributed by atoms with Crippen LogP contribution in [0.15, 0.2) is 18.5 Å². The molecule has 3 rings (SSSR count). The highest BCUT2D eigenvalue weighted by molar-refractivity contribution is 5.86. The van der Waals surface area contributed by atoms with Gasteiger partial charge in [-0.05, 0) is 43.7 Å². The summed E-state index contributed by atoms with van der Waals surface area (Å²) in [6.07, 6.45) is 3.06. The molecule has 0 N–H and O–H groups in total. The van der Waals surface area contributed by atoms with Crippen LogP contribution in [0.5, 0.6) is 0 Å². The third-order valence-corrected chi connectivity index (χ3v) is 5.09. The second kappa shape index (κ2) is 5.04. The van der Waals surface area contributed by atoms with Gasteiger partial charge in [0.05, 0.1) is 6.04 Å². The number of nitrogens with zero attached hydrogens (tertiary/aromatic N) is 2. The van der Waals surface area contributed by atoms with E-state index in [1.54, 1.807) is 24.2 Å².